The van der Waals surface area contributed by atoms with E-state index < -0.39 is 23.0 Å². The molecule has 130 valence electrons. The van der Waals surface area contributed by atoms with Crippen LogP contribution in [0.5, 0.6) is 0 Å². The first-order valence-corrected chi connectivity index (χ1v) is 8.87. The van der Waals surface area contributed by atoms with E-state index in [-0.39, 0.29) is 5.91 Å². The molecule has 0 unspecified atom stereocenters. The number of nitrogens with one attached hydrogen (secondary N) is 2. The third-order valence-electron chi connectivity index (χ3n) is 5.77. The molecule has 1 aliphatic carbocycles. The van der Waals surface area contributed by atoms with Gasteiger partial charge in [-0.05, 0) is 30.9 Å². The maximum atomic E-state index is 12.7. The van der Waals surface area contributed by atoms with Crippen LogP contribution in [0, 0.1) is 11.3 Å². The second-order valence-corrected chi connectivity index (χ2v) is 7.31. The maximum Gasteiger partial charge on any atom is 0.324 e. The van der Waals surface area contributed by atoms with Gasteiger partial charge in [-0.25, -0.2) is 0 Å². The number of fused-ring (bicyclic) bond motifs is 2. The van der Waals surface area contributed by atoms with Crippen molar-refractivity contribution in [3.8, 4) is 6.07 Å². The Morgan fingerprint density at radius 2 is 2.00 bits per heavy atom. The number of para-hydroxylation sites is 1. The van der Waals surface area contributed by atoms with Crippen LogP contribution in [0.15, 0.2) is 24.3 Å². The fourth-order valence-electron chi connectivity index (χ4n) is 4.33. The van der Waals surface area contributed by atoms with Crippen LogP contribution in [0.3, 0.4) is 0 Å². The maximum absolute atomic E-state index is 12.7. The van der Waals surface area contributed by atoms with Gasteiger partial charge in [0.25, 0.3) is 0 Å². The number of rotatable bonds is 2. The summed E-state index contributed by atoms with van der Waals surface area (Å²) >= 11 is 0. The quantitative estimate of drug-likeness (QED) is 0.804. The Morgan fingerprint density at radius 1 is 1.24 bits per heavy atom. The molecule has 2 atom stereocenters. The van der Waals surface area contributed by atoms with Gasteiger partial charge in [-0.2, -0.15) is 5.26 Å². The van der Waals surface area contributed by atoms with E-state index in [2.05, 4.69) is 16.7 Å². The predicted molar refractivity (Wildman–Crippen MR) is 90.7 cm³/mol. The first kappa shape index (κ1) is 16.1. The molecule has 0 bridgehead atoms. The molecule has 1 saturated heterocycles. The Balaban J connectivity index is 1.52. The van der Waals surface area contributed by atoms with Crippen molar-refractivity contribution in [1.29, 1.82) is 5.26 Å². The Bertz CT molecular complexity index is 763. The summed E-state index contributed by atoms with van der Waals surface area (Å²) in [7, 11) is 0. The zero-order chi connectivity index (χ0) is 17.5. The zero-order valence-electron chi connectivity index (χ0n) is 14.0. The molecule has 1 aromatic rings. The van der Waals surface area contributed by atoms with Crippen LogP contribution < -0.4 is 10.6 Å². The molecule has 1 aromatic carbocycles. The molecule has 1 spiro atoms. The van der Waals surface area contributed by atoms with Crippen molar-refractivity contribution in [1.82, 2.24) is 5.32 Å². The van der Waals surface area contributed by atoms with Gasteiger partial charge in [0.2, 0.25) is 5.91 Å². The van der Waals surface area contributed by atoms with E-state index in [0.717, 1.165) is 30.5 Å². The molecular formula is C19H21N3O3. The van der Waals surface area contributed by atoms with E-state index >= 15 is 0 Å². The molecule has 4 rings (SSSR count). The normalized spacial score (nSPS) is 29.7. The molecule has 6 heteroatoms. The van der Waals surface area contributed by atoms with E-state index in [0.29, 0.717) is 25.8 Å². The molecule has 2 fully saturated rings. The summed E-state index contributed by atoms with van der Waals surface area (Å²) < 4.78 is 5.64. The Hall–Kier alpha value is -2.39. The van der Waals surface area contributed by atoms with Crippen molar-refractivity contribution >= 4 is 17.6 Å². The number of amides is 1. The smallest absolute Gasteiger partial charge is 0.324 e. The number of ether oxygens (including phenoxy) is 1. The summed E-state index contributed by atoms with van der Waals surface area (Å²) in [6.45, 7) is 0.398. The molecule has 3 aliphatic rings. The highest BCUT2D eigenvalue weighted by Crippen LogP contribution is 2.43. The third kappa shape index (κ3) is 2.50. The lowest BCUT2D eigenvalue weighted by Crippen LogP contribution is -2.42. The Kier molecular flexibility index (Phi) is 3.77. The average molecular weight is 339 g/mol. The molecule has 2 heterocycles. The zero-order valence-corrected chi connectivity index (χ0v) is 14.0. The predicted octanol–water partition coefficient (Wildman–Crippen LogP) is 2.01. The number of carbonyl (C=O) groups is 2. The van der Waals surface area contributed by atoms with Crippen molar-refractivity contribution in [3.63, 3.8) is 0 Å². The van der Waals surface area contributed by atoms with Crippen LogP contribution in [-0.2, 0) is 19.7 Å². The van der Waals surface area contributed by atoms with E-state index in [1.165, 1.54) is 0 Å². The number of esters is 1. The summed E-state index contributed by atoms with van der Waals surface area (Å²) in [5, 5.41) is 15.6. The number of benzene rings is 1. The third-order valence-corrected chi connectivity index (χ3v) is 5.77. The molecule has 1 amide bonds. The number of carbonyl (C=O) groups excluding carboxylic acids is 2. The topological polar surface area (TPSA) is 91.2 Å². The van der Waals surface area contributed by atoms with Gasteiger partial charge in [0, 0.05) is 25.1 Å². The van der Waals surface area contributed by atoms with Crippen LogP contribution in [0.4, 0.5) is 5.69 Å². The summed E-state index contributed by atoms with van der Waals surface area (Å²) in [6, 6.07) is 9.23. The molecule has 25 heavy (non-hydrogen) atoms. The minimum absolute atomic E-state index is 0.0795. The van der Waals surface area contributed by atoms with Crippen LogP contribution in [0.25, 0.3) is 0 Å². The van der Waals surface area contributed by atoms with Crippen molar-refractivity contribution in [2.45, 2.75) is 55.6 Å². The van der Waals surface area contributed by atoms with Crippen LogP contribution in [0.2, 0.25) is 0 Å². The van der Waals surface area contributed by atoms with E-state index in [1.807, 2.05) is 24.3 Å². The second kappa shape index (κ2) is 5.85. The number of anilines is 1. The minimum atomic E-state index is -0.997. The van der Waals surface area contributed by atoms with Crippen molar-refractivity contribution in [2.75, 3.05) is 11.9 Å². The molecule has 0 aromatic heterocycles. The highest BCUT2D eigenvalue weighted by molar-refractivity contribution is 6.07. The SMILES string of the molecule is N#CC1(OC(=O)[C@H]2C[C@]3(CN2)C(=O)Nc2ccccc23)CCCCC1. The Labute approximate surface area is 146 Å². The molecule has 1 saturated carbocycles. The van der Waals surface area contributed by atoms with Crippen molar-refractivity contribution < 1.29 is 14.3 Å². The van der Waals surface area contributed by atoms with E-state index in [9.17, 15) is 14.9 Å². The molecule has 6 nitrogen and oxygen atoms in total. The van der Waals surface area contributed by atoms with Crippen LogP contribution in [0.1, 0.15) is 44.1 Å². The first-order chi connectivity index (χ1) is 12.1. The Morgan fingerprint density at radius 3 is 2.76 bits per heavy atom. The fraction of sp³-hybridized carbons (Fsp3) is 0.526. The largest absolute Gasteiger partial charge is 0.442 e. The fourth-order valence-corrected chi connectivity index (χ4v) is 4.33. The summed E-state index contributed by atoms with van der Waals surface area (Å²) in [6.07, 6.45) is 4.42. The molecular weight excluding hydrogens is 318 g/mol. The van der Waals surface area contributed by atoms with Gasteiger partial charge in [0.15, 0.2) is 5.60 Å². The van der Waals surface area contributed by atoms with Gasteiger partial charge < -0.3 is 15.4 Å². The lowest BCUT2D eigenvalue weighted by atomic mass is 9.79. The highest BCUT2D eigenvalue weighted by Gasteiger charge is 2.54. The highest BCUT2D eigenvalue weighted by atomic mass is 16.6. The van der Waals surface area contributed by atoms with E-state index in [4.69, 9.17) is 4.74 Å². The lowest BCUT2D eigenvalue weighted by Gasteiger charge is -2.31. The minimum Gasteiger partial charge on any atom is -0.442 e. The standard InChI is InChI=1S/C19H21N3O3/c20-11-18(8-4-1-5-9-18)25-16(23)15-10-19(12-21-15)13-6-2-3-7-14(13)22-17(19)24/h2-3,6-7,15,21H,1,4-5,8-10,12H2,(H,22,24)/t15-,19-/m1/s1. The van der Waals surface area contributed by atoms with Gasteiger partial charge in [-0.1, -0.05) is 24.6 Å². The summed E-state index contributed by atoms with van der Waals surface area (Å²) in [5.74, 6) is -0.498. The first-order valence-electron chi connectivity index (χ1n) is 8.87. The molecule has 2 N–H and O–H groups in total. The van der Waals surface area contributed by atoms with Gasteiger partial charge in [-0.3, -0.25) is 9.59 Å². The van der Waals surface area contributed by atoms with E-state index in [1.54, 1.807) is 0 Å². The number of nitrogens with zero attached hydrogens (tertiary/aromatic N) is 1. The van der Waals surface area contributed by atoms with Gasteiger partial charge in [0.1, 0.15) is 12.1 Å². The average Bonchev–Trinajstić information content (AvgIpc) is 3.20. The second-order valence-electron chi connectivity index (χ2n) is 7.31. The number of hydrogen-bond acceptors (Lipinski definition) is 5. The van der Waals surface area contributed by atoms with Crippen LogP contribution >= 0.6 is 0 Å². The number of hydrogen-bond donors (Lipinski definition) is 2. The van der Waals surface area contributed by atoms with Gasteiger partial charge in [0.05, 0.1) is 5.41 Å². The van der Waals surface area contributed by atoms with Crippen molar-refractivity contribution in [2.24, 2.45) is 0 Å². The molecule has 2 aliphatic heterocycles. The van der Waals surface area contributed by atoms with Crippen LogP contribution in [-0.4, -0.2) is 30.1 Å². The molecule has 0 radical (unpaired) electrons. The van der Waals surface area contributed by atoms with Crippen molar-refractivity contribution in [3.05, 3.63) is 29.8 Å². The number of nitriles is 1. The van der Waals surface area contributed by atoms with Gasteiger partial charge in [-0.15, -0.1) is 0 Å². The summed E-state index contributed by atoms with van der Waals surface area (Å²) in [4.78, 5) is 25.2. The monoisotopic (exact) mass is 339 g/mol. The summed E-state index contributed by atoms with van der Waals surface area (Å²) in [5.41, 5.74) is 0.00878. The lowest BCUT2D eigenvalue weighted by molar-refractivity contribution is -0.159. The van der Waals surface area contributed by atoms with Gasteiger partial charge >= 0.3 is 5.97 Å².